The van der Waals surface area contributed by atoms with Crippen molar-refractivity contribution in [2.75, 3.05) is 0 Å². The molecule has 0 unspecified atom stereocenters. The Morgan fingerprint density at radius 1 is 1.06 bits per heavy atom. The predicted octanol–water partition coefficient (Wildman–Crippen LogP) is 4.34. The maximum Gasteiger partial charge on any atom is 0.416 e. The number of aromatic nitrogens is 5. The van der Waals surface area contributed by atoms with Gasteiger partial charge in [0.2, 0.25) is 0 Å². The van der Waals surface area contributed by atoms with Crippen molar-refractivity contribution in [3.8, 4) is 34.3 Å². The third-order valence-electron chi connectivity index (χ3n) is 4.55. The number of benzene rings is 2. The normalized spacial score (nSPS) is 11.3. The number of nitrogens with one attached hydrogen (secondary N) is 1. The van der Waals surface area contributed by atoms with Crippen molar-refractivity contribution in [1.29, 1.82) is 5.26 Å². The Morgan fingerprint density at radius 3 is 2.55 bits per heavy atom. The average molecular weight is 424 g/mol. The van der Waals surface area contributed by atoms with Gasteiger partial charge in [-0.05, 0) is 29.8 Å². The van der Waals surface area contributed by atoms with Gasteiger partial charge in [-0.3, -0.25) is 4.68 Å². The Hall–Kier alpha value is -4.13. The number of aryl methyl sites for hydroxylation is 1. The van der Waals surface area contributed by atoms with Crippen LogP contribution in [0.5, 0.6) is 5.75 Å². The summed E-state index contributed by atoms with van der Waals surface area (Å²) in [5.41, 5.74) is 1.42. The standard InChI is InChI=1S/C21H15F3N6O/c1-30-19(13-5-3-2-4-6-13)10-16(28-30)12-31-17-8-14(7-15(9-17)21(22,23)24)20-18(11-25)26-29-27-20/h2-10H,12H2,1H3,(H,26,27,29). The molecule has 0 amide bonds. The molecule has 7 nitrogen and oxygen atoms in total. The SMILES string of the molecule is Cn1nc(COc2cc(-c3n[nH]nc3C#N)cc(C(F)(F)F)c2)cc1-c1ccccc1. The van der Waals surface area contributed by atoms with Gasteiger partial charge in [-0.25, -0.2) is 0 Å². The van der Waals surface area contributed by atoms with Crippen LogP contribution in [-0.2, 0) is 19.8 Å². The number of hydrogen-bond acceptors (Lipinski definition) is 5. The van der Waals surface area contributed by atoms with E-state index < -0.39 is 11.7 Å². The second kappa shape index (κ2) is 7.95. The predicted molar refractivity (Wildman–Crippen MR) is 105 cm³/mol. The van der Waals surface area contributed by atoms with Crippen LogP contribution in [0.15, 0.2) is 54.6 Å². The van der Waals surface area contributed by atoms with Crippen molar-refractivity contribution in [1.82, 2.24) is 25.2 Å². The maximum atomic E-state index is 13.4. The lowest BCUT2D eigenvalue weighted by Gasteiger charge is -2.12. The highest BCUT2D eigenvalue weighted by atomic mass is 19.4. The van der Waals surface area contributed by atoms with Crippen LogP contribution in [0.25, 0.3) is 22.5 Å². The summed E-state index contributed by atoms with van der Waals surface area (Å²) in [5.74, 6) is -0.0244. The molecule has 0 saturated heterocycles. The Kier molecular flexibility index (Phi) is 5.17. The minimum atomic E-state index is -4.60. The monoisotopic (exact) mass is 424 g/mol. The second-order valence-corrected chi connectivity index (χ2v) is 6.68. The van der Waals surface area contributed by atoms with Gasteiger partial charge < -0.3 is 4.74 Å². The van der Waals surface area contributed by atoms with Crippen LogP contribution in [0.2, 0.25) is 0 Å². The van der Waals surface area contributed by atoms with Crippen molar-refractivity contribution in [3.63, 3.8) is 0 Å². The highest BCUT2D eigenvalue weighted by Gasteiger charge is 2.32. The number of nitrogens with zero attached hydrogens (tertiary/aromatic N) is 5. The number of aromatic amines is 1. The number of alkyl halides is 3. The summed E-state index contributed by atoms with van der Waals surface area (Å²) in [6.45, 7) is -0.0364. The zero-order valence-corrected chi connectivity index (χ0v) is 16.2. The number of ether oxygens (including phenoxy) is 1. The van der Waals surface area contributed by atoms with E-state index in [-0.39, 0.29) is 29.3 Å². The van der Waals surface area contributed by atoms with Crippen LogP contribution >= 0.6 is 0 Å². The highest BCUT2D eigenvalue weighted by molar-refractivity contribution is 5.67. The van der Waals surface area contributed by atoms with E-state index in [1.165, 1.54) is 6.07 Å². The van der Waals surface area contributed by atoms with E-state index in [0.29, 0.717) is 5.69 Å². The van der Waals surface area contributed by atoms with Gasteiger partial charge in [0.1, 0.15) is 29.8 Å². The largest absolute Gasteiger partial charge is 0.487 e. The van der Waals surface area contributed by atoms with Gasteiger partial charge in [-0.1, -0.05) is 30.3 Å². The topological polar surface area (TPSA) is 92.4 Å². The summed E-state index contributed by atoms with van der Waals surface area (Å²) in [4.78, 5) is 0. The average Bonchev–Trinajstić information content (AvgIpc) is 3.38. The van der Waals surface area contributed by atoms with Gasteiger partial charge in [-0.15, -0.1) is 5.10 Å². The Balaban J connectivity index is 1.63. The molecule has 156 valence electrons. The highest BCUT2D eigenvalue weighted by Crippen LogP contribution is 2.36. The van der Waals surface area contributed by atoms with Crippen molar-refractivity contribution in [3.05, 3.63) is 71.5 Å². The van der Waals surface area contributed by atoms with E-state index in [2.05, 4.69) is 20.5 Å². The molecule has 0 saturated carbocycles. The molecule has 31 heavy (non-hydrogen) atoms. The molecule has 4 aromatic rings. The summed E-state index contributed by atoms with van der Waals surface area (Å²) in [5, 5.41) is 23.2. The zero-order chi connectivity index (χ0) is 22.0. The summed E-state index contributed by atoms with van der Waals surface area (Å²) < 4.78 is 47.5. The second-order valence-electron chi connectivity index (χ2n) is 6.68. The maximum absolute atomic E-state index is 13.4. The minimum absolute atomic E-state index is 0.0163. The Bertz CT molecular complexity index is 1250. The van der Waals surface area contributed by atoms with Crippen molar-refractivity contribution in [2.45, 2.75) is 12.8 Å². The number of rotatable bonds is 5. The van der Waals surface area contributed by atoms with Crippen LogP contribution in [0.4, 0.5) is 13.2 Å². The van der Waals surface area contributed by atoms with E-state index in [0.717, 1.165) is 23.4 Å². The molecule has 0 aliphatic carbocycles. The third kappa shape index (κ3) is 4.25. The Morgan fingerprint density at radius 2 is 1.84 bits per heavy atom. The number of H-pyrrole nitrogens is 1. The van der Waals surface area contributed by atoms with E-state index in [1.807, 2.05) is 36.4 Å². The Labute approximate surface area is 174 Å². The minimum Gasteiger partial charge on any atom is -0.487 e. The molecular formula is C21H15F3N6O. The van der Waals surface area contributed by atoms with Gasteiger partial charge in [0.05, 0.1) is 11.3 Å². The molecule has 0 spiro atoms. The first-order valence-corrected chi connectivity index (χ1v) is 9.10. The van der Waals surface area contributed by atoms with Gasteiger partial charge in [0.25, 0.3) is 0 Å². The summed E-state index contributed by atoms with van der Waals surface area (Å²) >= 11 is 0. The molecule has 0 radical (unpaired) electrons. The molecule has 0 atom stereocenters. The van der Waals surface area contributed by atoms with Crippen LogP contribution in [0.1, 0.15) is 17.0 Å². The van der Waals surface area contributed by atoms with Gasteiger partial charge in [-0.2, -0.15) is 33.8 Å². The molecule has 10 heteroatoms. The number of hydrogen-bond donors (Lipinski definition) is 1. The van der Waals surface area contributed by atoms with Crippen LogP contribution in [0, 0.1) is 11.3 Å². The molecule has 2 aromatic carbocycles. The molecule has 0 bridgehead atoms. The lowest BCUT2D eigenvalue weighted by atomic mass is 10.1. The molecule has 1 N–H and O–H groups in total. The first kappa shape index (κ1) is 20.2. The first-order valence-electron chi connectivity index (χ1n) is 9.10. The van der Waals surface area contributed by atoms with E-state index in [9.17, 15) is 13.2 Å². The van der Waals surface area contributed by atoms with Crippen LogP contribution in [-0.4, -0.2) is 25.2 Å². The van der Waals surface area contributed by atoms with Crippen molar-refractivity contribution >= 4 is 0 Å². The molecule has 4 rings (SSSR count). The van der Waals surface area contributed by atoms with E-state index in [4.69, 9.17) is 10.00 Å². The fraction of sp³-hybridized carbons (Fsp3) is 0.143. The molecule has 2 heterocycles. The molecule has 0 fully saturated rings. The molecule has 0 aliphatic rings. The fourth-order valence-corrected chi connectivity index (χ4v) is 3.13. The first-order chi connectivity index (χ1) is 14.8. The van der Waals surface area contributed by atoms with Crippen molar-refractivity contribution < 1.29 is 17.9 Å². The summed E-state index contributed by atoms with van der Waals surface area (Å²) in [6.07, 6.45) is -4.60. The molecule has 0 aliphatic heterocycles. The quantitative estimate of drug-likeness (QED) is 0.515. The van der Waals surface area contributed by atoms with Gasteiger partial charge >= 0.3 is 6.18 Å². The van der Waals surface area contributed by atoms with Gasteiger partial charge in [0.15, 0.2) is 5.69 Å². The van der Waals surface area contributed by atoms with Crippen LogP contribution < -0.4 is 4.74 Å². The molecular weight excluding hydrogens is 409 g/mol. The number of nitriles is 1. The lowest BCUT2D eigenvalue weighted by Crippen LogP contribution is -2.06. The van der Waals surface area contributed by atoms with Crippen LogP contribution in [0.3, 0.4) is 0 Å². The van der Waals surface area contributed by atoms with Gasteiger partial charge in [0, 0.05) is 12.6 Å². The third-order valence-corrected chi connectivity index (χ3v) is 4.55. The number of halogens is 3. The fourth-order valence-electron chi connectivity index (χ4n) is 3.13. The van der Waals surface area contributed by atoms with E-state index in [1.54, 1.807) is 17.8 Å². The zero-order valence-electron chi connectivity index (χ0n) is 16.2. The van der Waals surface area contributed by atoms with Crippen molar-refractivity contribution in [2.24, 2.45) is 7.05 Å². The van der Waals surface area contributed by atoms with E-state index >= 15 is 0 Å². The lowest BCUT2D eigenvalue weighted by molar-refractivity contribution is -0.137. The summed E-state index contributed by atoms with van der Waals surface area (Å²) in [6, 6.07) is 16.4. The smallest absolute Gasteiger partial charge is 0.416 e. The summed E-state index contributed by atoms with van der Waals surface area (Å²) in [7, 11) is 1.78. The molecule has 2 aromatic heterocycles.